The maximum atomic E-state index is 9.33. The van der Waals surface area contributed by atoms with Gasteiger partial charge in [-0.05, 0) is 28.8 Å². The van der Waals surface area contributed by atoms with E-state index in [1.165, 1.54) is 16.7 Å². The minimum absolute atomic E-state index is 0.120. The number of rotatable bonds is 3. The zero-order valence-electron chi connectivity index (χ0n) is 11.9. The molecule has 1 aliphatic rings. The number of benzene rings is 2. The summed E-state index contributed by atoms with van der Waals surface area (Å²) in [6, 6.07) is 17.1. The highest BCUT2D eigenvalue weighted by atomic mass is 16.3. The number of nitrogens with zero attached hydrogens (tertiary/aromatic N) is 1. The fraction of sp³-hybridized carbons (Fsp3) is 0.333. The van der Waals surface area contributed by atoms with Crippen LogP contribution in [0.5, 0.6) is 0 Å². The van der Waals surface area contributed by atoms with Gasteiger partial charge in [0, 0.05) is 19.0 Å². The zero-order valence-corrected chi connectivity index (χ0v) is 11.9. The smallest absolute Gasteiger partial charge is 0.0681 e. The first-order valence-corrected chi connectivity index (χ1v) is 7.31. The lowest BCUT2D eigenvalue weighted by atomic mass is 9.84. The van der Waals surface area contributed by atoms with Crippen LogP contribution in [0.1, 0.15) is 35.1 Å². The van der Waals surface area contributed by atoms with Gasteiger partial charge in [0.1, 0.15) is 0 Å². The molecule has 2 aromatic carbocycles. The third-order valence-electron chi connectivity index (χ3n) is 4.25. The van der Waals surface area contributed by atoms with Gasteiger partial charge < -0.3 is 5.11 Å². The minimum atomic E-state index is 0.120. The van der Waals surface area contributed by atoms with Crippen LogP contribution < -0.4 is 0 Å². The van der Waals surface area contributed by atoms with Crippen LogP contribution in [0.4, 0.5) is 0 Å². The van der Waals surface area contributed by atoms with Crippen molar-refractivity contribution in [2.75, 3.05) is 13.1 Å². The Morgan fingerprint density at radius 2 is 1.95 bits per heavy atom. The second-order valence-electron chi connectivity index (χ2n) is 5.48. The molecule has 0 aromatic heterocycles. The summed E-state index contributed by atoms with van der Waals surface area (Å²) in [5.41, 5.74) is 5.16. The normalized spacial score (nSPS) is 18.8. The average Bonchev–Trinajstić information content (AvgIpc) is 2.53. The van der Waals surface area contributed by atoms with Gasteiger partial charge in [0.25, 0.3) is 0 Å². The van der Waals surface area contributed by atoms with E-state index in [1.807, 2.05) is 0 Å². The maximum Gasteiger partial charge on any atom is 0.0681 e. The monoisotopic (exact) mass is 267 g/mol. The summed E-state index contributed by atoms with van der Waals surface area (Å²) in [4.78, 5) is 2.47. The molecule has 1 unspecified atom stereocenters. The summed E-state index contributed by atoms with van der Waals surface area (Å²) in [6.45, 7) is 5.46. The predicted molar refractivity (Wildman–Crippen MR) is 81.6 cm³/mol. The summed E-state index contributed by atoms with van der Waals surface area (Å²) in [7, 11) is 0. The van der Waals surface area contributed by atoms with E-state index in [0.717, 1.165) is 25.2 Å². The largest absolute Gasteiger partial charge is 0.392 e. The van der Waals surface area contributed by atoms with E-state index in [-0.39, 0.29) is 6.61 Å². The maximum absolute atomic E-state index is 9.33. The quantitative estimate of drug-likeness (QED) is 0.923. The lowest BCUT2D eigenvalue weighted by molar-refractivity contribution is 0.252. The van der Waals surface area contributed by atoms with Crippen molar-refractivity contribution in [2.45, 2.75) is 26.0 Å². The first-order valence-electron chi connectivity index (χ1n) is 7.31. The number of likely N-dealkylation sites (N-methyl/N-ethyl adjacent to an activating group) is 1. The fourth-order valence-electron chi connectivity index (χ4n) is 3.11. The molecule has 0 amide bonds. The SMILES string of the molecule is CCN1Cc2cc(CO)ccc2C(c2ccccc2)C1. The summed E-state index contributed by atoms with van der Waals surface area (Å²) >= 11 is 0. The van der Waals surface area contributed by atoms with Crippen molar-refractivity contribution in [3.05, 3.63) is 70.8 Å². The van der Waals surface area contributed by atoms with Gasteiger partial charge in [-0.2, -0.15) is 0 Å². The number of aliphatic hydroxyl groups excluding tert-OH is 1. The number of hydrogen-bond acceptors (Lipinski definition) is 2. The Balaban J connectivity index is 2.04. The molecule has 2 heteroatoms. The topological polar surface area (TPSA) is 23.5 Å². The molecule has 1 N–H and O–H groups in total. The summed E-state index contributed by atoms with van der Waals surface area (Å²) in [5.74, 6) is 0.438. The first-order chi connectivity index (χ1) is 9.81. The summed E-state index contributed by atoms with van der Waals surface area (Å²) < 4.78 is 0. The molecule has 0 aliphatic carbocycles. The van der Waals surface area contributed by atoms with Crippen LogP contribution in [0.3, 0.4) is 0 Å². The minimum Gasteiger partial charge on any atom is -0.392 e. The Morgan fingerprint density at radius 1 is 1.15 bits per heavy atom. The molecular formula is C18H21NO. The highest BCUT2D eigenvalue weighted by Crippen LogP contribution is 2.33. The second kappa shape index (κ2) is 5.78. The van der Waals surface area contributed by atoms with Gasteiger partial charge >= 0.3 is 0 Å². The molecule has 2 nitrogen and oxygen atoms in total. The Bertz CT molecular complexity index is 579. The standard InChI is InChI=1S/C18H21NO/c1-2-19-11-16-10-14(13-20)8-9-17(16)18(12-19)15-6-4-3-5-7-15/h3-10,18,20H,2,11-13H2,1H3. The van der Waals surface area contributed by atoms with Crippen molar-refractivity contribution in [2.24, 2.45) is 0 Å². The molecule has 20 heavy (non-hydrogen) atoms. The fourth-order valence-corrected chi connectivity index (χ4v) is 3.11. The molecule has 1 heterocycles. The highest BCUT2D eigenvalue weighted by Gasteiger charge is 2.25. The van der Waals surface area contributed by atoms with E-state index in [4.69, 9.17) is 0 Å². The molecule has 3 rings (SSSR count). The van der Waals surface area contributed by atoms with E-state index in [2.05, 4.69) is 60.4 Å². The van der Waals surface area contributed by atoms with Gasteiger partial charge in [0.15, 0.2) is 0 Å². The van der Waals surface area contributed by atoms with Gasteiger partial charge in [0.2, 0.25) is 0 Å². The number of fused-ring (bicyclic) bond motifs is 1. The molecule has 0 saturated carbocycles. The van der Waals surface area contributed by atoms with Gasteiger partial charge in [-0.1, -0.05) is 55.5 Å². The number of hydrogen-bond donors (Lipinski definition) is 1. The van der Waals surface area contributed by atoms with Crippen LogP contribution in [0.2, 0.25) is 0 Å². The van der Waals surface area contributed by atoms with Crippen molar-refractivity contribution >= 4 is 0 Å². The number of aliphatic hydroxyl groups is 1. The third-order valence-corrected chi connectivity index (χ3v) is 4.25. The van der Waals surface area contributed by atoms with Crippen molar-refractivity contribution in [1.29, 1.82) is 0 Å². The molecule has 0 spiro atoms. The molecular weight excluding hydrogens is 246 g/mol. The van der Waals surface area contributed by atoms with Crippen LogP contribution in [0.15, 0.2) is 48.5 Å². The molecule has 1 atom stereocenters. The van der Waals surface area contributed by atoms with Crippen molar-refractivity contribution in [3.8, 4) is 0 Å². The first kappa shape index (κ1) is 13.3. The van der Waals surface area contributed by atoms with Crippen LogP contribution >= 0.6 is 0 Å². The van der Waals surface area contributed by atoms with Gasteiger partial charge in [-0.15, -0.1) is 0 Å². The Morgan fingerprint density at radius 3 is 2.65 bits per heavy atom. The van der Waals surface area contributed by atoms with Crippen LogP contribution in [-0.4, -0.2) is 23.1 Å². The van der Waals surface area contributed by atoms with Crippen LogP contribution in [0, 0.1) is 0 Å². The third kappa shape index (κ3) is 2.49. The van der Waals surface area contributed by atoms with Crippen molar-refractivity contribution in [1.82, 2.24) is 4.90 Å². The second-order valence-corrected chi connectivity index (χ2v) is 5.48. The molecule has 2 aromatic rings. The molecule has 0 bridgehead atoms. The van der Waals surface area contributed by atoms with E-state index in [1.54, 1.807) is 0 Å². The van der Waals surface area contributed by atoms with E-state index < -0.39 is 0 Å². The Labute approximate surface area is 120 Å². The zero-order chi connectivity index (χ0) is 13.9. The Hall–Kier alpha value is -1.64. The van der Waals surface area contributed by atoms with Crippen LogP contribution in [0.25, 0.3) is 0 Å². The lowest BCUT2D eigenvalue weighted by Crippen LogP contribution is -2.34. The van der Waals surface area contributed by atoms with E-state index >= 15 is 0 Å². The highest BCUT2D eigenvalue weighted by molar-refractivity contribution is 5.42. The molecule has 1 aliphatic heterocycles. The predicted octanol–water partition coefficient (Wildman–Crippen LogP) is 3.15. The van der Waals surface area contributed by atoms with Gasteiger partial charge in [-0.25, -0.2) is 0 Å². The molecule has 0 radical (unpaired) electrons. The van der Waals surface area contributed by atoms with Crippen LogP contribution in [-0.2, 0) is 13.2 Å². The van der Waals surface area contributed by atoms with E-state index in [0.29, 0.717) is 5.92 Å². The summed E-state index contributed by atoms with van der Waals surface area (Å²) in [6.07, 6.45) is 0. The van der Waals surface area contributed by atoms with Crippen molar-refractivity contribution in [3.63, 3.8) is 0 Å². The van der Waals surface area contributed by atoms with Crippen molar-refractivity contribution < 1.29 is 5.11 Å². The summed E-state index contributed by atoms with van der Waals surface area (Å²) in [5, 5.41) is 9.33. The molecule has 0 fully saturated rings. The molecule has 0 saturated heterocycles. The average molecular weight is 267 g/mol. The van der Waals surface area contributed by atoms with Gasteiger partial charge in [0.05, 0.1) is 6.61 Å². The lowest BCUT2D eigenvalue weighted by Gasteiger charge is -2.34. The van der Waals surface area contributed by atoms with Gasteiger partial charge in [-0.3, -0.25) is 4.90 Å². The van der Waals surface area contributed by atoms with E-state index in [9.17, 15) is 5.11 Å². The molecule has 104 valence electrons. The Kier molecular flexibility index (Phi) is 3.86.